The predicted octanol–water partition coefficient (Wildman–Crippen LogP) is 0.646. The highest BCUT2D eigenvalue weighted by Gasteiger charge is 2.34. The summed E-state index contributed by atoms with van der Waals surface area (Å²) in [6.45, 7) is 0.688. The van der Waals surface area contributed by atoms with Crippen LogP contribution < -0.4 is 5.73 Å². The number of halogens is 1. The summed E-state index contributed by atoms with van der Waals surface area (Å²) in [7, 11) is 3.28. The van der Waals surface area contributed by atoms with Gasteiger partial charge in [-0.3, -0.25) is 4.68 Å². The highest BCUT2D eigenvalue weighted by molar-refractivity contribution is 6.31. The van der Waals surface area contributed by atoms with Crippen LogP contribution in [-0.4, -0.2) is 35.1 Å². The number of aryl methyl sites for hydroxylation is 1. The zero-order valence-electron chi connectivity index (χ0n) is 9.61. The molecule has 0 bridgehead atoms. The van der Waals surface area contributed by atoms with Crippen LogP contribution in [0.2, 0.25) is 5.02 Å². The molecule has 6 heteroatoms. The Morgan fingerprint density at radius 2 is 2.38 bits per heavy atom. The van der Waals surface area contributed by atoms with Gasteiger partial charge in [0.25, 0.3) is 0 Å². The van der Waals surface area contributed by atoms with E-state index >= 15 is 0 Å². The predicted molar refractivity (Wildman–Crippen MR) is 62.3 cm³/mol. The summed E-state index contributed by atoms with van der Waals surface area (Å²) in [5.41, 5.74) is 4.90. The van der Waals surface area contributed by atoms with Gasteiger partial charge in [-0.05, 0) is 19.4 Å². The average Bonchev–Trinajstić information content (AvgIpc) is 2.56. The summed E-state index contributed by atoms with van der Waals surface area (Å²) < 4.78 is 6.61. The molecule has 0 saturated carbocycles. The molecule has 92 valence electrons. The van der Waals surface area contributed by atoms with Crippen molar-refractivity contribution in [3.8, 4) is 0 Å². The van der Waals surface area contributed by atoms with E-state index in [0.29, 0.717) is 30.1 Å². The minimum Gasteiger partial charge on any atom is -0.381 e. The SMILES string of the molecule is COCC(O)(CCCN)c1c(Cl)cnn1C. The van der Waals surface area contributed by atoms with Gasteiger partial charge < -0.3 is 15.6 Å². The molecule has 1 rings (SSSR count). The quantitative estimate of drug-likeness (QED) is 0.774. The lowest BCUT2D eigenvalue weighted by Gasteiger charge is -2.27. The van der Waals surface area contributed by atoms with Crippen molar-refractivity contribution in [1.82, 2.24) is 9.78 Å². The molecule has 1 unspecified atom stereocenters. The Morgan fingerprint density at radius 3 is 2.81 bits per heavy atom. The molecule has 0 amide bonds. The normalized spacial score (nSPS) is 15.1. The fourth-order valence-electron chi connectivity index (χ4n) is 1.83. The molecule has 0 aliphatic carbocycles. The maximum Gasteiger partial charge on any atom is 0.131 e. The van der Waals surface area contributed by atoms with E-state index in [-0.39, 0.29) is 6.61 Å². The van der Waals surface area contributed by atoms with Gasteiger partial charge >= 0.3 is 0 Å². The van der Waals surface area contributed by atoms with E-state index in [9.17, 15) is 5.11 Å². The molecule has 1 heterocycles. The first-order valence-electron chi connectivity index (χ1n) is 5.14. The molecule has 1 atom stereocenters. The van der Waals surface area contributed by atoms with Crippen molar-refractivity contribution in [3.05, 3.63) is 16.9 Å². The Morgan fingerprint density at radius 1 is 1.69 bits per heavy atom. The van der Waals surface area contributed by atoms with Gasteiger partial charge in [0.05, 0.1) is 23.5 Å². The van der Waals surface area contributed by atoms with E-state index in [0.717, 1.165) is 0 Å². The zero-order chi connectivity index (χ0) is 12.2. The number of ether oxygens (including phenoxy) is 1. The second-order valence-corrected chi connectivity index (χ2v) is 4.23. The van der Waals surface area contributed by atoms with Crippen molar-refractivity contribution in [2.45, 2.75) is 18.4 Å². The van der Waals surface area contributed by atoms with Crippen molar-refractivity contribution in [1.29, 1.82) is 0 Å². The Hall–Kier alpha value is -0.620. The van der Waals surface area contributed by atoms with Crippen LogP contribution in [0.5, 0.6) is 0 Å². The molecule has 16 heavy (non-hydrogen) atoms. The maximum atomic E-state index is 10.5. The molecule has 0 aromatic carbocycles. The van der Waals surface area contributed by atoms with Crippen molar-refractivity contribution in [3.63, 3.8) is 0 Å². The van der Waals surface area contributed by atoms with Crippen molar-refractivity contribution < 1.29 is 9.84 Å². The van der Waals surface area contributed by atoms with Crippen LogP contribution in [0, 0.1) is 0 Å². The van der Waals surface area contributed by atoms with E-state index in [1.54, 1.807) is 11.7 Å². The summed E-state index contributed by atoms with van der Waals surface area (Å²) in [6, 6.07) is 0. The number of nitrogens with two attached hydrogens (primary N) is 1. The first-order valence-corrected chi connectivity index (χ1v) is 5.52. The van der Waals surface area contributed by atoms with Crippen LogP contribution in [-0.2, 0) is 17.4 Å². The Labute approximate surface area is 100 Å². The standard InChI is InChI=1S/C10H18ClN3O2/c1-14-9(8(11)6-13-14)10(15,7-16-2)4-3-5-12/h6,15H,3-5,7,12H2,1-2H3. The molecule has 5 nitrogen and oxygen atoms in total. The summed E-state index contributed by atoms with van der Waals surface area (Å²) in [5, 5.41) is 15.0. The van der Waals surface area contributed by atoms with E-state index in [1.807, 2.05) is 0 Å². The molecule has 0 saturated heterocycles. The Balaban J connectivity index is 3.00. The zero-order valence-corrected chi connectivity index (χ0v) is 10.4. The Kier molecular flexibility index (Phi) is 4.73. The van der Waals surface area contributed by atoms with E-state index in [1.165, 1.54) is 13.3 Å². The van der Waals surface area contributed by atoms with Gasteiger partial charge in [0.2, 0.25) is 0 Å². The lowest BCUT2D eigenvalue weighted by molar-refractivity contribution is -0.0485. The first kappa shape index (κ1) is 13.4. The van der Waals surface area contributed by atoms with E-state index in [4.69, 9.17) is 22.1 Å². The topological polar surface area (TPSA) is 73.3 Å². The lowest BCUT2D eigenvalue weighted by atomic mass is 9.94. The van der Waals surface area contributed by atoms with Crippen LogP contribution in [0.4, 0.5) is 0 Å². The average molecular weight is 248 g/mol. The van der Waals surface area contributed by atoms with Gasteiger partial charge in [-0.2, -0.15) is 5.10 Å². The number of hydrogen-bond donors (Lipinski definition) is 2. The smallest absolute Gasteiger partial charge is 0.131 e. The highest BCUT2D eigenvalue weighted by Crippen LogP contribution is 2.31. The number of rotatable bonds is 6. The van der Waals surface area contributed by atoms with Gasteiger partial charge in [-0.25, -0.2) is 0 Å². The fourth-order valence-corrected chi connectivity index (χ4v) is 2.17. The molecular formula is C10H18ClN3O2. The highest BCUT2D eigenvalue weighted by atomic mass is 35.5. The van der Waals surface area contributed by atoms with Crippen molar-refractivity contribution >= 4 is 11.6 Å². The lowest BCUT2D eigenvalue weighted by Crippen LogP contribution is -2.34. The summed E-state index contributed by atoms with van der Waals surface area (Å²) in [6.07, 6.45) is 2.71. The van der Waals surface area contributed by atoms with Gasteiger partial charge in [0.15, 0.2) is 0 Å². The first-order chi connectivity index (χ1) is 7.55. The van der Waals surface area contributed by atoms with Crippen LogP contribution >= 0.6 is 11.6 Å². The molecule has 3 N–H and O–H groups in total. The summed E-state index contributed by atoms with van der Waals surface area (Å²) >= 11 is 6.01. The van der Waals surface area contributed by atoms with Crippen LogP contribution in [0.25, 0.3) is 0 Å². The minimum absolute atomic E-state index is 0.173. The summed E-state index contributed by atoms with van der Waals surface area (Å²) in [4.78, 5) is 0. The van der Waals surface area contributed by atoms with E-state index in [2.05, 4.69) is 5.10 Å². The number of methoxy groups -OCH3 is 1. The van der Waals surface area contributed by atoms with Crippen molar-refractivity contribution in [2.75, 3.05) is 20.3 Å². The van der Waals surface area contributed by atoms with Gasteiger partial charge in [-0.1, -0.05) is 11.6 Å². The molecule has 0 spiro atoms. The molecular weight excluding hydrogens is 230 g/mol. The van der Waals surface area contributed by atoms with Gasteiger partial charge in [-0.15, -0.1) is 0 Å². The van der Waals surface area contributed by atoms with Crippen LogP contribution in [0.1, 0.15) is 18.5 Å². The second kappa shape index (κ2) is 5.63. The fraction of sp³-hybridized carbons (Fsp3) is 0.700. The monoisotopic (exact) mass is 247 g/mol. The third kappa shape index (κ3) is 2.74. The van der Waals surface area contributed by atoms with Crippen LogP contribution in [0.3, 0.4) is 0 Å². The number of nitrogens with zero attached hydrogens (tertiary/aromatic N) is 2. The van der Waals surface area contributed by atoms with Crippen LogP contribution in [0.15, 0.2) is 6.20 Å². The van der Waals surface area contributed by atoms with Gasteiger partial charge in [0, 0.05) is 14.2 Å². The molecule has 0 aliphatic rings. The summed E-state index contributed by atoms with van der Waals surface area (Å²) in [5.74, 6) is 0. The molecule has 0 radical (unpaired) electrons. The number of aliphatic hydroxyl groups is 1. The third-order valence-corrected chi connectivity index (χ3v) is 2.79. The second-order valence-electron chi connectivity index (χ2n) is 3.82. The minimum atomic E-state index is -1.13. The third-order valence-electron chi connectivity index (χ3n) is 2.51. The maximum absolute atomic E-state index is 10.5. The van der Waals surface area contributed by atoms with E-state index < -0.39 is 5.60 Å². The molecule has 1 aromatic rings. The van der Waals surface area contributed by atoms with Crippen molar-refractivity contribution in [2.24, 2.45) is 12.8 Å². The molecule has 1 aromatic heterocycles. The van der Waals surface area contributed by atoms with Gasteiger partial charge in [0.1, 0.15) is 5.60 Å². The number of hydrogen-bond acceptors (Lipinski definition) is 4. The Bertz CT molecular complexity index is 323. The largest absolute Gasteiger partial charge is 0.381 e. The molecule has 0 aliphatic heterocycles. The molecule has 0 fully saturated rings. The number of aromatic nitrogens is 2.